The second-order valence-electron chi connectivity index (χ2n) is 7.68. The van der Waals surface area contributed by atoms with E-state index in [1.165, 1.54) is 4.88 Å². The number of likely N-dealkylation sites (tertiary alicyclic amines) is 1. The second-order valence-corrected chi connectivity index (χ2v) is 8.62. The van der Waals surface area contributed by atoms with Gasteiger partial charge in [-0.2, -0.15) is 0 Å². The Kier molecular flexibility index (Phi) is 5.59. The van der Waals surface area contributed by atoms with E-state index in [9.17, 15) is 9.59 Å². The van der Waals surface area contributed by atoms with Crippen LogP contribution in [0.25, 0.3) is 10.4 Å². The molecule has 6 heteroatoms. The SMILES string of the molecule is COc1ccccc1C(=O)N1CCC(Cc2cccc(-c3cccs3)c2)(C(N)=O)C1. The number of hydrogen-bond acceptors (Lipinski definition) is 4. The highest BCUT2D eigenvalue weighted by Gasteiger charge is 2.45. The predicted octanol–water partition coefficient (Wildman–Crippen LogP) is 3.98. The largest absolute Gasteiger partial charge is 0.496 e. The maximum atomic E-state index is 13.1. The third-order valence-corrected chi connectivity index (χ3v) is 6.70. The fourth-order valence-electron chi connectivity index (χ4n) is 4.14. The summed E-state index contributed by atoms with van der Waals surface area (Å²) in [5.41, 5.74) is 7.77. The van der Waals surface area contributed by atoms with Crippen LogP contribution in [-0.2, 0) is 11.2 Å². The zero-order valence-electron chi connectivity index (χ0n) is 16.8. The quantitative estimate of drug-likeness (QED) is 0.655. The van der Waals surface area contributed by atoms with Crippen LogP contribution in [0.15, 0.2) is 66.0 Å². The number of ether oxygens (including phenoxy) is 1. The van der Waals surface area contributed by atoms with E-state index in [4.69, 9.17) is 10.5 Å². The lowest BCUT2D eigenvalue weighted by Gasteiger charge is -2.26. The smallest absolute Gasteiger partial charge is 0.257 e. The lowest BCUT2D eigenvalue weighted by atomic mass is 9.80. The van der Waals surface area contributed by atoms with Crippen molar-refractivity contribution >= 4 is 23.2 Å². The summed E-state index contributed by atoms with van der Waals surface area (Å²) in [5.74, 6) is 0.0324. The monoisotopic (exact) mass is 420 g/mol. The molecule has 2 amide bonds. The van der Waals surface area contributed by atoms with Gasteiger partial charge >= 0.3 is 0 Å². The molecule has 30 heavy (non-hydrogen) atoms. The lowest BCUT2D eigenvalue weighted by Crippen LogP contribution is -2.42. The molecule has 2 heterocycles. The first-order valence-electron chi connectivity index (χ1n) is 9.87. The standard InChI is InChI=1S/C24H24N2O3S/c1-29-20-9-3-2-8-19(20)22(27)26-12-11-24(16-26,23(25)28)15-17-6-4-7-18(14-17)21-10-5-13-30-21/h2-10,13-14H,11-12,15-16H2,1H3,(H2,25,28). The third kappa shape index (κ3) is 3.83. The van der Waals surface area contributed by atoms with Gasteiger partial charge in [-0.25, -0.2) is 0 Å². The Labute approximate surface area is 180 Å². The van der Waals surface area contributed by atoms with E-state index in [2.05, 4.69) is 18.2 Å². The van der Waals surface area contributed by atoms with Crippen LogP contribution in [0.3, 0.4) is 0 Å². The molecule has 0 spiro atoms. The molecule has 1 atom stereocenters. The molecule has 1 aliphatic rings. The zero-order valence-corrected chi connectivity index (χ0v) is 17.7. The molecule has 3 aromatic rings. The van der Waals surface area contributed by atoms with Crippen LogP contribution in [0.1, 0.15) is 22.3 Å². The van der Waals surface area contributed by atoms with Gasteiger partial charge in [0.2, 0.25) is 5.91 Å². The van der Waals surface area contributed by atoms with E-state index in [0.717, 1.165) is 11.1 Å². The lowest BCUT2D eigenvalue weighted by molar-refractivity contribution is -0.126. The number of carbonyl (C=O) groups excluding carboxylic acids is 2. The Morgan fingerprint density at radius 2 is 1.97 bits per heavy atom. The molecule has 0 radical (unpaired) electrons. The Hall–Kier alpha value is -3.12. The van der Waals surface area contributed by atoms with Gasteiger partial charge in [0.1, 0.15) is 5.75 Å². The predicted molar refractivity (Wildman–Crippen MR) is 119 cm³/mol. The van der Waals surface area contributed by atoms with Crippen molar-refractivity contribution in [1.82, 2.24) is 4.90 Å². The molecule has 1 aliphatic heterocycles. The first-order valence-corrected chi connectivity index (χ1v) is 10.8. The molecule has 1 unspecified atom stereocenters. The van der Waals surface area contributed by atoms with Crippen molar-refractivity contribution in [3.63, 3.8) is 0 Å². The molecule has 1 saturated heterocycles. The molecule has 4 rings (SSSR count). The van der Waals surface area contributed by atoms with Gasteiger partial charge in [-0.15, -0.1) is 11.3 Å². The van der Waals surface area contributed by atoms with E-state index in [1.54, 1.807) is 35.5 Å². The van der Waals surface area contributed by atoms with E-state index in [0.29, 0.717) is 37.2 Å². The van der Waals surface area contributed by atoms with Crippen molar-refractivity contribution in [3.05, 3.63) is 77.2 Å². The summed E-state index contributed by atoms with van der Waals surface area (Å²) in [6.07, 6.45) is 1.06. The number of carbonyl (C=O) groups is 2. The highest BCUT2D eigenvalue weighted by atomic mass is 32.1. The summed E-state index contributed by atoms with van der Waals surface area (Å²) < 4.78 is 5.33. The average Bonchev–Trinajstić information content (AvgIpc) is 3.44. The molecule has 2 aromatic carbocycles. The van der Waals surface area contributed by atoms with Crippen LogP contribution in [0, 0.1) is 5.41 Å². The van der Waals surface area contributed by atoms with Crippen molar-refractivity contribution < 1.29 is 14.3 Å². The topological polar surface area (TPSA) is 72.6 Å². The van der Waals surface area contributed by atoms with Crippen LogP contribution < -0.4 is 10.5 Å². The van der Waals surface area contributed by atoms with Gasteiger partial charge in [-0.1, -0.05) is 42.5 Å². The number of para-hydroxylation sites is 1. The first kappa shape index (κ1) is 20.2. The molecular formula is C24H24N2O3S. The van der Waals surface area contributed by atoms with Gasteiger partial charge in [0.15, 0.2) is 0 Å². The molecule has 0 aliphatic carbocycles. The fraction of sp³-hybridized carbons (Fsp3) is 0.250. The molecular weight excluding hydrogens is 396 g/mol. The number of benzene rings is 2. The number of rotatable bonds is 6. The number of nitrogens with zero attached hydrogens (tertiary/aromatic N) is 1. The number of primary amides is 1. The van der Waals surface area contributed by atoms with Crippen LogP contribution in [0.2, 0.25) is 0 Å². The minimum Gasteiger partial charge on any atom is -0.496 e. The summed E-state index contributed by atoms with van der Waals surface area (Å²) in [4.78, 5) is 28.5. The molecule has 0 saturated carbocycles. The van der Waals surface area contributed by atoms with Crippen molar-refractivity contribution in [2.75, 3.05) is 20.2 Å². The maximum Gasteiger partial charge on any atom is 0.257 e. The number of hydrogen-bond donors (Lipinski definition) is 1. The van der Waals surface area contributed by atoms with Gasteiger partial charge in [0.05, 0.1) is 18.1 Å². The van der Waals surface area contributed by atoms with Gasteiger partial charge in [0.25, 0.3) is 5.91 Å². The first-order chi connectivity index (χ1) is 14.5. The van der Waals surface area contributed by atoms with E-state index < -0.39 is 5.41 Å². The van der Waals surface area contributed by atoms with E-state index >= 15 is 0 Å². The molecule has 5 nitrogen and oxygen atoms in total. The van der Waals surface area contributed by atoms with Crippen LogP contribution in [0.4, 0.5) is 0 Å². The van der Waals surface area contributed by atoms with Crippen LogP contribution in [-0.4, -0.2) is 36.9 Å². The number of methoxy groups -OCH3 is 1. The van der Waals surface area contributed by atoms with Crippen molar-refractivity contribution in [2.45, 2.75) is 12.8 Å². The van der Waals surface area contributed by atoms with Crippen molar-refractivity contribution in [2.24, 2.45) is 11.1 Å². The number of thiophene rings is 1. The normalized spacial score (nSPS) is 18.4. The van der Waals surface area contributed by atoms with Gasteiger partial charge in [-0.05, 0) is 47.5 Å². The summed E-state index contributed by atoms with van der Waals surface area (Å²) in [6, 6.07) is 19.5. The summed E-state index contributed by atoms with van der Waals surface area (Å²) in [5, 5.41) is 2.05. The van der Waals surface area contributed by atoms with Crippen molar-refractivity contribution in [3.8, 4) is 16.2 Å². The molecule has 154 valence electrons. The number of amides is 2. The minimum absolute atomic E-state index is 0.136. The highest BCUT2D eigenvalue weighted by Crippen LogP contribution is 2.36. The molecule has 1 fully saturated rings. The third-order valence-electron chi connectivity index (χ3n) is 5.78. The Morgan fingerprint density at radius 1 is 1.13 bits per heavy atom. The minimum atomic E-state index is -0.772. The van der Waals surface area contributed by atoms with E-state index in [1.807, 2.05) is 35.7 Å². The average molecular weight is 421 g/mol. The van der Waals surface area contributed by atoms with Crippen LogP contribution >= 0.6 is 11.3 Å². The Morgan fingerprint density at radius 3 is 2.70 bits per heavy atom. The highest BCUT2D eigenvalue weighted by molar-refractivity contribution is 7.13. The fourth-order valence-corrected chi connectivity index (χ4v) is 4.86. The van der Waals surface area contributed by atoms with Crippen molar-refractivity contribution in [1.29, 1.82) is 0 Å². The van der Waals surface area contributed by atoms with E-state index in [-0.39, 0.29) is 11.8 Å². The second kappa shape index (κ2) is 8.32. The maximum absolute atomic E-state index is 13.1. The number of nitrogens with two attached hydrogens (primary N) is 1. The summed E-state index contributed by atoms with van der Waals surface area (Å²) >= 11 is 1.68. The summed E-state index contributed by atoms with van der Waals surface area (Å²) in [7, 11) is 1.55. The van der Waals surface area contributed by atoms with Gasteiger partial charge < -0.3 is 15.4 Å². The summed E-state index contributed by atoms with van der Waals surface area (Å²) in [6.45, 7) is 0.798. The van der Waals surface area contributed by atoms with Gasteiger partial charge in [-0.3, -0.25) is 9.59 Å². The molecule has 1 aromatic heterocycles. The zero-order chi connectivity index (χ0) is 21.1. The Bertz CT molecular complexity index is 1060. The Balaban J connectivity index is 1.57. The van der Waals surface area contributed by atoms with Gasteiger partial charge in [0, 0.05) is 18.0 Å². The molecule has 0 bridgehead atoms. The van der Waals surface area contributed by atoms with Crippen LogP contribution in [0.5, 0.6) is 5.75 Å². The molecule has 2 N–H and O–H groups in total.